The molecule has 0 aliphatic heterocycles. The second-order valence-corrected chi connectivity index (χ2v) is 3.95. The van der Waals surface area contributed by atoms with Gasteiger partial charge in [-0.1, -0.05) is 0 Å². The highest BCUT2D eigenvalue weighted by molar-refractivity contribution is 5.72. The predicted octanol–water partition coefficient (Wildman–Crippen LogP) is 1.64. The first-order chi connectivity index (χ1) is 9.06. The molecule has 0 fully saturated rings. The number of hydrogen-bond acceptors (Lipinski definition) is 6. The number of aliphatic carboxylic acids is 1. The van der Waals surface area contributed by atoms with Gasteiger partial charge in [0.1, 0.15) is 30.3 Å². The number of aromatic nitrogens is 2. The molecule has 2 aromatic rings. The monoisotopic (exact) mass is 262 g/mol. The van der Waals surface area contributed by atoms with E-state index in [4.69, 9.17) is 9.52 Å². The zero-order chi connectivity index (χ0) is 13.8. The number of aryl methyl sites for hydroxylation is 1. The van der Waals surface area contributed by atoms with E-state index in [0.717, 1.165) is 5.76 Å². The van der Waals surface area contributed by atoms with E-state index in [2.05, 4.69) is 15.3 Å². The number of carbonyl (C=O) groups is 1. The maximum absolute atomic E-state index is 10.5. The fourth-order valence-electron chi connectivity index (χ4n) is 1.51. The quantitative estimate of drug-likeness (QED) is 0.846. The lowest BCUT2D eigenvalue weighted by molar-refractivity contribution is -0.134. The Kier molecular flexibility index (Phi) is 3.65. The van der Waals surface area contributed by atoms with Gasteiger partial charge in [-0.15, -0.1) is 0 Å². The summed E-state index contributed by atoms with van der Waals surface area (Å²) in [6.07, 6.45) is 1.37. The van der Waals surface area contributed by atoms with Gasteiger partial charge in [0.2, 0.25) is 5.88 Å². The molecule has 19 heavy (non-hydrogen) atoms. The van der Waals surface area contributed by atoms with Gasteiger partial charge in [0.25, 0.3) is 0 Å². The maximum Gasteiger partial charge on any atom is 0.322 e. The van der Waals surface area contributed by atoms with Crippen molar-refractivity contribution < 1.29 is 14.3 Å². The van der Waals surface area contributed by atoms with Crippen LogP contribution in [0.5, 0.6) is 0 Å². The van der Waals surface area contributed by atoms with E-state index in [9.17, 15) is 4.79 Å². The van der Waals surface area contributed by atoms with Gasteiger partial charge < -0.3 is 14.8 Å². The Hall–Kier alpha value is -2.57. The molecule has 0 saturated heterocycles. The summed E-state index contributed by atoms with van der Waals surface area (Å²) in [6.45, 7) is 1.66. The molecule has 0 atom stereocenters. The van der Waals surface area contributed by atoms with Gasteiger partial charge in [-0.2, -0.15) is 0 Å². The van der Waals surface area contributed by atoms with Crippen molar-refractivity contribution in [2.24, 2.45) is 0 Å². The molecule has 0 unspecified atom stereocenters. The van der Waals surface area contributed by atoms with Gasteiger partial charge in [0.05, 0.1) is 0 Å². The zero-order valence-electron chi connectivity index (χ0n) is 10.6. The molecular formula is C12H14N4O3. The Labute approximate surface area is 109 Å². The highest BCUT2D eigenvalue weighted by atomic mass is 16.4. The van der Waals surface area contributed by atoms with Crippen LogP contribution in [0.3, 0.4) is 0 Å². The maximum atomic E-state index is 10.5. The van der Waals surface area contributed by atoms with E-state index in [1.165, 1.54) is 6.33 Å². The average Bonchev–Trinajstić information content (AvgIpc) is 2.82. The van der Waals surface area contributed by atoms with Crippen LogP contribution in [0.15, 0.2) is 28.9 Å². The van der Waals surface area contributed by atoms with E-state index in [1.807, 2.05) is 26.1 Å². The van der Waals surface area contributed by atoms with Crippen LogP contribution < -0.4 is 10.2 Å². The second kappa shape index (κ2) is 5.38. The molecule has 0 bridgehead atoms. The number of nitrogens with zero attached hydrogens (tertiary/aromatic N) is 3. The van der Waals surface area contributed by atoms with Crippen LogP contribution in [-0.4, -0.2) is 34.6 Å². The van der Waals surface area contributed by atoms with Crippen molar-refractivity contribution >= 4 is 23.5 Å². The topological polar surface area (TPSA) is 91.5 Å². The molecule has 0 amide bonds. The van der Waals surface area contributed by atoms with Gasteiger partial charge in [-0.05, 0) is 13.0 Å². The number of carboxylic acid groups (broad SMARTS) is 1. The standard InChI is InChI=1S/C12H14N4O3/c1-8-3-4-11(19-8)16(2)10-5-9(14-7-15-10)13-6-12(17)18/h3-5,7H,6H2,1-2H3,(H,17,18)(H,13,14,15). The van der Waals surface area contributed by atoms with E-state index >= 15 is 0 Å². The lowest BCUT2D eigenvalue weighted by Gasteiger charge is -2.15. The Balaban J connectivity index is 2.16. The van der Waals surface area contributed by atoms with Crippen molar-refractivity contribution in [3.8, 4) is 0 Å². The first kappa shape index (κ1) is 12.9. The van der Waals surface area contributed by atoms with Gasteiger partial charge in [-0.25, -0.2) is 9.97 Å². The fraction of sp³-hybridized carbons (Fsp3) is 0.250. The number of carboxylic acids is 1. The van der Waals surface area contributed by atoms with Crippen molar-refractivity contribution in [1.82, 2.24) is 9.97 Å². The van der Waals surface area contributed by atoms with E-state index < -0.39 is 5.97 Å². The predicted molar refractivity (Wildman–Crippen MR) is 69.7 cm³/mol. The molecule has 0 aliphatic rings. The minimum atomic E-state index is -0.949. The lowest BCUT2D eigenvalue weighted by atomic mass is 10.4. The average molecular weight is 262 g/mol. The van der Waals surface area contributed by atoms with Crippen molar-refractivity contribution in [2.45, 2.75) is 6.92 Å². The van der Waals surface area contributed by atoms with Crippen LogP contribution in [0.4, 0.5) is 17.5 Å². The number of hydrogen-bond donors (Lipinski definition) is 2. The molecule has 0 aromatic carbocycles. The highest BCUT2D eigenvalue weighted by Gasteiger charge is 2.10. The first-order valence-corrected chi connectivity index (χ1v) is 5.64. The highest BCUT2D eigenvalue weighted by Crippen LogP contribution is 2.24. The van der Waals surface area contributed by atoms with E-state index in [1.54, 1.807) is 11.0 Å². The Morgan fingerprint density at radius 2 is 2.26 bits per heavy atom. The fourth-order valence-corrected chi connectivity index (χ4v) is 1.51. The summed E-state index contributed by atoms with van der Waals surface area (Å²) in [5.74, 6) is 1.57. The minimum absolute atomic E-state index is 0.194. The summed E-state index contributed by atoms with van der Waals surface area (Å²) in [5.41, 5.74) is 0. The second-order valence-electron chi connectivity index (χ2n) is 3.95. The SMILES string of the molecule is Cc1ccc(N(C)c2cc(NCC(=O)O)ncn2)o1. The normalized spacial score (nSPS) is 10.2. The number of anilines is 3. The van der Waals surface area contributed by atoms with Gasteiger partial charge in [-0.3, -0.25) is 9.69 Å². The summed E-state index contributed by atoms with van der Waals surface area (Å²) in [6, 6.07) is 5.35. The molecule has 7 heteroatoms. The molecular weight excluding hydrogens is 248 g/mol. The van der Waals surface area contributed by atoms with Crippen LogP contribution in [0.2, 0.25) is 0 Å². The summed E-state index contributed by atoms with van der Waals surface area (Å²) in [4.78, 5) is 20.3. The minimum Gasteiger partial charge on any atom is -0.480 e. The van der Waals surface area contributed by atoms with Crippen LogP contribution >= 0.6 is 0 Å². The first-order valence-electron chi connectivity index (χ1n) is 5.64. The van der Waals surface area contributed by atoms with Crippen LogP contribution in [0.1, 0.15) is 5.76 Å². The molecule has 0 saturated carbocycles. The third kappa shape index (κ3) is 3.21. The largest absolute Gasteiger partial charge is 0.480 e. The van der Waals surface area contributed by atoms with Crippen LogP contribution in [-0.2, 0) is 4.79 Å². The van der Waals surface area contributed by atoms with Crippen molar-refractivity contribution in [2.75, 3.05) is 23.8 Å². The van der Waals surface area contributed by atoms with Gasteiger partial charge in [0.15, 0.2) is 0 Å². The molecule has 2 rings (SSSR count). The van der Waals surface area contributed by atoms with Crippen molar-refractivity contribution in [3.63, 3.8) is 0 Å². The summed E-state index contributed by atoms with van der Waals surface area (Å²) < 4.78 is 5.49. The van der Waals surface area contributed by atoms with Crippen molar-refractivity contribution in [3.05, 3.63) is 30.3 Å². The number of rotatable bonds is 5. The molecule has 0 aliphatic carbocycles. The molecule has 100 valence electrons. The molecule has 0 radical (unpaired) electrons. The van der Waals surface area contributed by atoms with Gasteiger partial charge >= 0.3 is 5.97 Å². The number of nitrogens with one attached hydrogen (secondary N) is 1. The van der Waals surface area contributed by atoms with E-state index in [0.29, 0.717) is 17.5 Å². The lowest BCUT2D eigenvalue weighted by Crippen LogP contribution is -2.15. The Morgan fingerprint density at radius 1 is 1.47 bits per heavy atom. The third-order valence-corrected chi connectivity index (χ3v) is 2.47. The van der Waals surface area contributed by atoms with Crippen molar-refractivity contribution in [1.29, 1.82) is 0 Å². The summed E-state index contributed by atoms with van der Waals surface area (Å²) >= 11 is 0. The Morgan fingerprint density at radius 3 is 2.89 bits per heavy atom. The summed E-state index contributed by atoms with van der Waals surface area (Å²) in [7, 11) is 1.81. The third-order valence-electron chi connectivity index (χ3n) is 2.47. The summed E-state index contributed by atoms with van der Waals surface area (Å²) in [5, 5.41) is 11.3. The number of furan rings is 1. The molecule has 2 N–H and O–H groups in total. The smallest absolute Gasteiger partial charge is 0.322 e. The molecule has 2 aromatic heterocycles. The van der Waals surface area contributed by atoms with E-state index in [-0.39, 0.29) is 6.54 Å². The molecule has 2 heterocycles. The Bertz CT molecular complexity index is 582. The van der Waals surface area contributed by atoms with Gasteiger partial charge in [0, 0.05) is 19.2 Å². The van der Waals surface area contributed by atoms with Crippen LogP contribution in [0, 0.1) is 6.92 Å². The molecule has 7 nitrogen and oxygen atoms in total. The van der Waals surface area contributed by atoms with Crippen LogP contribution in [0.25, 0.3) is 0 Å². The molecule has 0 spiro atoms. The zero-order valence-corrected chi connectivity index (χ0v) is 10.6.